The molecule has 0 aliphatic carbocycles. The standard InChI is InChI=1S/C20H29ClN2O6/c1-20(2,3)29-19(27)23-14(10-11-16(22)24)12-28-15-8-4-6-13(18(15)21)7-5-9-17(25)26/h4,6,8,14H,5,7,9-12H2,1-3H3,(H2,22,24)(H,23,27)(H,25,26). The second-order valence-electron chi connectivity index (χ2n) is 7.64. The van der Waals surface area contributed by atoms with Crippen LogP contribution < -0.4 is 15.8 Å². The van der Waals surface area contributed by atoms with Crippen molar-refractivity contribution in [2.75, 3.05) is 6.61 Å². The first-order valence-corrected chi connectivity index (χ1v) is 9.75. The van der Waals surface area contributed by atoms with E-state index in [4.69, 9.17) is 31.9 Å². The molecule has 1 aromatic carbocycles. The van der Waals surface area contributed by atoms with Crippen molar-refractivity contribution in [1.82, 2.24) is 5.32 Å². The number of carbonyl (C=O) groups is 3. The van der Waals surface area contributed by atoms with Gasteiger partial charge in [-0.3, -0.25) is 9.59 Å². The summed E-state index contributed by atoms with van der Waals surface area (Å²) in [6.07, 6.45) is 0.751. The average Bonchev–Trinajstić information content (AvgIpc) is 2.57. The molecule has 0 saturated heterocycles. The summed E-state index contributed by atoms with van der Waals surface area (Å²) in [5.41, 5.74) is 5.32. The molecule has 1 aromatic rings. The van der Waals surface area contributed by atoms with Gasteiger partial charge in [0.2, 0.25) is 5.91 Å². The number of hydrogen-bond acceptors (Lipinski definition) is 5. The normalized spacial score (nSPS) is 12.1. The van der Waals surface area contributed by atoms with Gasteiger partial charge in [0.1, 0.15) is 18.0 Å². The first-order chi connectivity index (χ1) is 13.5. The number of halogens is 1. The second kappa shape index (κ2) is 11.5. The van der Waals surface area contributed by atoms with Crippen LogP contribution in [0.2, 0.25) is 5.02 Å². The van der Waals surface area contributed by atoms with Gasteiger partial charge in [0.05, 0.1) is 11.1 Å². The lowest BCUT2D eigenvalue weighted by Gasteiger charge is -2.24. The number of benzene rings is 1. The van der Waals surface area contributed by atoms with Crippen LogP contribution in [0.15, 0.2) is 18.2 Å². The van der Waals surface area contributed by atoms with E-state index >= 15 is 0 Å². The molecule has 0 radical (unpaired) electrons. The molecule has 1 atom stereocenters. The number of aryl methyl sites for hydroxylation is 1. The molecule has 1 unspecified atom stereocenters. The Kier molecular flexibility index (Phi) is 9.74. The zero-order chi connectivity index (χ0) is 22.0. The van der Waals surface area contributed by atoms with Gasteiger partial charge in [-0.2, -0.15) is 0 Å². The Labute approximate surface area is 175 Å². The summed E-state index contributed by atoms with van der Waals surface area (Å²) >= 11 is 6.37. The summed E-state index contributed by atoms with van der Waals surface area (Å²) in [5, 5.41) is 11.8. The first kappa shape index (κ1) is 24.6. The van der Waals surface area contributed by atoms with E-state index in [1.54, 1.807) is 39.0 Å². The number of hydrogen-bond donors (Lipinski definition) is 3. The number of nitrogens with two attached hydrogens (primary N) is 1. The minimum absolute atomic E-state index is 0.0520. The van der Waals surface area contributed by atoms with Crippen LogP contribution in [0.25, 0.3) is 0 Å². The smallest absolute Gasteiger partial charge is 0.407 e. The van der Waals surface area contributed by atoms with Crippen LogP contribution in [-0.2, 0) is 20.7 Å². The molecule has 4 N–H and O–H groups in total. The van der Waals surface area contributed by atoms with Gasteiger partial charge in [-0.15, -0.1) is 0 Å². The third kappa shape index (κ3) is 10.6. The number of nitrogens with one attached hydrogen (secondary N) is 1. The number of alkyl carbamates (subject to hydrolysis) is 1. The van der Waals surface area contributed by atoms with E-state index in [1.807, 2.05) is 0 Å². The van der Waals surface area contributed by atoms with Gasteiger partial charge in [0.25, 0.3) is 0 Å². The van der Waals surface area contributed by atoms with E-state index in [1.165, 1.54) is 0 Å². The lowest BCUT2D eigenvalue weighted by molar-refractivity contribution is -0.137. The minimum Gasteiger partial charge on any atom is -0.490 e. The quantitative estimate of drug-likeness (QED) is 0.496. The molecule has 0 aliphatic heterocycles. The number of carboxylic acids is 1. The van der Waals surface area contributed by atoms with Crippen LogP contribution in [0.5, 0.6) is 5.75 Å². The number of ether oxygens (including phenoxy) is 2. The summed E-state index contributed by atoms with van der Waals surface area (Å²) in [4.78, 5) is 33.8. The van der Waals surface area contributed by atoms with Crippen molar-refractivity contribution in [3.05, 3.63) is 28.8 Å². The van der Waals surface area contributed by atoms with E-state index in [0.29, 0.717) is 23.6 Å². The van der Waals surface area contributed by atoms with Crippen LogP contribution in [0.3, 0.4) is 0 Å². The number of rotatable bonds is 11. The second-order valence-corrected chi connectivity index (χ2v) is 8.01. The molecule has 0 heterocycles. The van der Waals surface area contributed by atoms with Crippen LogP contribution in [0.1, 0.15) is 52.0 Å². The Morgan fingerprint density at radius 1 is 1.24 bits per heavy atom. The SMILES string of the molecule is CC(C)(C)OC(=O)NC(CCC(N)=O)COc1cccc(CCCC(=O)O)c1Cl. The summed E-state index contributed by atoms with van der Waals surface area (Å²) in [6, 6.07) is 4.74. The summed E-state index contributed by atoms with van der Waals surface area (Å²) in [7, 11) is 0. The zero-order valence-corrected chi connectivity index (χ0v) is 17.8. The molecule has 0 spiro atoms. The van der Waals surface area contributed by atoms with Gasteiger partial charge in [-0.25, -0.2) is 4.79 Å². The summed E-state index contributed by atoms with van der Waals surface area (Å²) in [6.45, 7) is 5.30. The Bertz CT molecular complexity index is 717. The largest absolute Gasteiger partial charge is 0.490 e. The maximum atomic E-state index is 12.0. The Morgan fingerprint density at radius 3 is 2.52 bits per heavy atom. The van der Waals surface area contributed by atoms with Crippen LogP contribution in [0, 0.1) is 0 Å². The highest BCUT2D eigenvalue weighted by Gasteiger charge is 2.21. The molecule has 0 aliphatic rings. The van der Waals surface area contributed by atoms with Crippen molar-refractivity contribution < 1.29 is 29.0 Å². The molecule has 1 rings (SSSR count). The summed E-state index contributed by atoms with van der Waals surface area (Å²) < 4.78 is 11.0. The van der Waals surface area contributed by atoms with Crippen molar-refractivity contribution in [2.24, 2.45) is 5.73 Å². The molecule has 8 nitrogen and oxygen atoms in total. The summed E-state index contributed by atoms with van der Waals surface area (Å²) in [5.74, 6) is -0.937. The highest BCUT2D eigenvalue weighted by Crippen LogP contribution is 2.29. The van der Waals surface area contributed by atoms with Crippen molar-refractivity contribution in [2.45, 2.75) is 64.5 Å². The fraction of sp³-hybridized carbons (Fsp3) is 0.550. The fourth-order valence-electron chi connectivity index (χ4n) is 2.47. The monoisotopic (exact) mass is 428 g/mol. The highest BCUT2D eigenvalue weighted by molar-refractivity contribution is 6.32. The number of amides is 2. The van der Waals surface area contributed by atoms with Crippen LogP contribution in [0.4, 0.5) is 4.79 Å². The Hall–Kier alpha value is -2.48. The van der Waals surface area contributed by atoms with Crippen molar-refractivity contribution in [3.8, 4) is 5.75 Å². The van der Waals surface area contributed by atoms with Crippen LogP contribution in [-0.4, -0.2) is 41.3 Å². The van der Waals surface area contributed by atoms with Gasteiger partial charge < -0.3 is 25.6 Å². The van der Waals surface area contributed by atoms with Crippen molar-refractivity contribution in [1.29, 1.82) is 0 Å². The maximum absolute atomic E-state index is 12.0. The molecule has 0 bridgehead atoms. The Balaban J connectivity index is 2.75. The van der Waals surface area contributed by atoms with Gasteiger partial charge in [-0.1, -0.05) is 23.7 Å². The number of aliphatic carboxylic acids is 1. The number of primary amides is 1. The fourth-order valence-corrected chi connectivity index (χ4v) is 2.74. The van der Waals surface area contributed by atoms with Crippen molar-refractivity contribution >= 4 is 29.6 Å². The molecule has 9 heteroatoms. The molecule has 29 heavy (non-hydrogen) atoms. The predicted octanol–water partition coefficient (Wildman–Crippen LogP) is 3.28. The number of carboxylic acid groups (broad SMARTS) is 1. The maximum Gasteiger partial charge on any atom is 0.407 e. The first-order valence-electron chi connectivity index (χ1n) is 9.37. The molecular formula is C20H29ClN2O6. The van der Waals surface area contributed by atoms with Gasteiger partial charge >= 0.3 is 12.1 Å². The highest BCUT2D eigenvalue weighted by atomic mass is 35.5. The van der Waals surface area contributed by atoms with Gasteiger partial charge in [0.15, 0.2) is 0 Å². The molecule has 2 amide bonds. The topological polar surface area (TPSA) is 128 Å². The minimum atomic E-state index is -0.862. The van der Waals surface area contributed by atoms with E-state index in [9.17, 15) is 14.4 Å². The molecular weight excluding hydrogens is 400 g/mol. The third-order valence-electron chi connectivity index (χ3n) is 3.78. The Morgan fingerprint density at radius 2 is 1.93 bits per heavy atom. The van der Waals surface area contributed by atoms with Gasteiger partial charge in [0, 0.05) is 12.8 Å². The average molecular weight is 429 g/mol. The molecule has 0 fully saturated rings. The third-order valence-corrected chi connectivity index (χ3v) is 4.21. The van der Waals surface area contributed by atoms with E-state index in [2.05, 4.69) is 5.32 Å². The molecule has 0 aromatic heterocycles. The molecule has 162 valence electrons. The van der Waals surface area contributed by atoms with E-state index < -0.39 is 29.6 Å². The molecule has 0 saturated carbocycles. The zero-order valence-electron chi connectivity index (χ0n) is 17.0. The predicted molar refractivity (Wildman–Crippen MR) is 109 cm³/mol. The lowest BCUT2D eigenvalue weighted by Crippen LogP contribution is -2.42. The van der Waals surface area contributed by atoms with E-state index in [0.717, 1.165) is 5.56 Å². The van der Waals surface area contributed by atoms with Crippen molar-refractivity contribution in [3.63, 3.8) is 0 Å². The van der Waals surface area contributed by atoms with E-state index in [-0.39, 0.29) is 25.9 Å². The van der Waals surface area contributed by atoms with Crippen LogP contribution >= 0.6 is 11.6 Å². The lowest BCUT2D eigenvalue weighted by atomic mass is 10.1. The van der Waals surface area contributed by atoms with Gasteiger partial charge in [-0.05, 0) is 51.7 Å². The number of carbonyl (C=O) groups excluding carboxylic acids is 2.